The highest BCUT2D eigenvalue weighted by Gasteiger charge is 2.18. The minimum atomic E-state index is -0.403. The Morgan fingerprint density at radius 3 is 2.69 bits per heavy atom. The van der Waals surface area contributed by atoms with Crippen LogP contribution in [0.2, 0.25) is 0 Å². The molecule has 1 amide bonds. The number of carbonyl (C=O) groups excluding carboxylic acids is 1. The van der Waals surface area contributed by atoms with Crippen LogP contribution in [0.4, 0.5) is 0 Å². The van der Waals surface area contributed by atoms with Crippen molar-refractivity contribution in [3.63, 3.8) is 0 Å². The number of ether oxygens (including phenoxy) is 1. The van der Waals surface area contributed by atoms with Crippen molar-refractivity contribution in [3.05, 3.63) is 65.5 Å². The van der Waals surface area contributed by atoms with Gasteiger partial charge in [0.25, 0.3) is 5.91 Å². The van der Waals surface area contributed by atoms with E-state index in [1.54, 1.807) is 31.2 Å². The second-order valence-corrected chi connectivity index (χ2v) is 5.98. The van der Waals surface area contributed by atoms with E-state index in [1.807, 2.05) is 38.1 Å². The van der Waals surface area contributed by atoms with Gasteiger partial charge >= 0.3 is 0 Å². The zero-order valence-corrected chi connectivity index (χ0v) is 15.0. The molecular weight excluding hydrogens is 330 g/mol. The summed E-state index contributed by atoms with van der Waals surface area (Å²) in [7, 11) is 0. The van der Waals surface area contributed by atoms with Crippen LogP contribution in [0.5, 0.6) is 5.75 Å². The van der Waals surface area contributed by atoms with Gasteiger partial charge in [0.05, 0.1) is 6.61 Å². The molecule has 0 bridgehead atoms. The molecule has 0 aliphatic rings. The average molecular weight is 351 g/mol. The lowest BCUT2D eigenvalue weighted by Crippen LogP contribution is -2.26. The van der Waals surface area contributed by atoms with Crippen molar-refractivity contribution in [2.45, 2.75) is 26.8 Å². The van der Waals surface area contributed by atoms with Gasteiger partial charge in [-0.05, 0) is 51.1 Å². The Morgan fingerprint density at radius 1 is 1.23 bits per heavy atom. The van der Waals surface area contributed by atoms with Gasteiger partial charge in [-0.15, -0.1) is 0 Å². The quantitative estimate of drug-likeness (QED) is 0.728. The Balaban J connectivity index is 1.68. The van der Waals surface area contributed by atoms with E-state index in [2.05, 4.69) is 15.5 Å². The molecule has 1 aromatic heterocycles. The molecule has 2 aromatic carbocycles. The molecule has 0 saturated carbocycles. The molecule has 0 saturated heterocycles. The highest BCUT2D eigenvalue weighted by molar-refractivity contribution is 5.94. The van der Waals surface area contributed by atoms with Crippen molar-refractivity contribution < 1.29 is 14.1 Å². The van der Waals surface area contributed by atoms with Crippen molar-refractivity contribution in [2.24, 2.45) is 0 Å². The van der Waals surface area contributed by atoms with Gasteiger partial charge in [-0.3, -0.25) is 4.79 Å². The van der Waals surface area contributed by atoms with E-state index in [1.165, 1.54) is 0 Å². The van der Waals surface area contributed by atoms with E-state index in [9.17, 15) is 4.79 Å². The summed E-state index contributed by atoms with van der Waals surface area (Å²) in [5.74, 6) is 1.39. The van der Waals surface area contributed by atoms with Gasteiger partial charge < -0.3 is 14.6 Å². The molecule has 0 fully saturated rings. The molecule has 6 nitrogen and oxygen atoms in total. The number of carbonyl (C=O) groups is 1. The first-order chi connectivity index (χ1) is 12.6. The molecule has 26 heavy (non-hydrogen) atoms. The summed E-state index contributed by atoms with van der Waals surface area (Å²) < 4.78 is 10.7. The molecular formula is C20H21N3O3. The lowest BCUT2D eigenvalue weighted by atomic mass is 10.1. The van der Waals surface area contributed by atoms with E-state index < -0.39 is 6.04 Å². The summed E-state index contributed by atoms with van der Waals surface area (Å²) in [5.41, 5.74) is 2.54. The Hall–Kier alpha value is -3.15. The number of nitrogens with one attached hydrogen (secondary N) is 1. The standard InChI is InChI=1S/C20H21N3O3/c1-4-25-17-10-8-15(9-11-17)19(24)21-14(3)20-22-18(23-26-20)16-7-5-6-13(2)12-16/h5-12,14H,4H2,1-3H3,(H,21,24)/t14-/m1/s1. The molecule has 3 aromatic rings. The summed E-state index contributed by atoms with van der Waals surface area (Å²) in [6, 6.07) is 14.4. The maximum absolute atomic E-state index is 12.4. The summed E-state index contributed by atoms with van der Waals surface area (Å²) in [5, 5.41) is 6.87. The first-order valence-electron chi connectivity index (χ1n) is 8.51. The highest BCUT2D eigenvalue weighted by Crippen LogP contribution is 2.20. The SMILES string of the molecule is CCOc1ccc(C(=O)N[C@H](C)c2nc(-c3cccc(C)c3)no2)cc1. The molecule has 0 unspecified atom stereocenters. The van der Waals surface area contributed by atoms with Crippen LogP contribution < -0.4 is 10.1 Å². The van der Waals surface area contributed by atoms with Gasteiger partial charge in [0.15, 0.2) is 0 Å². The Morgan fingerprint density at radius 2 is 2.00 bits per heavy atom. The fourth-order valence-electron chi connectivity index (χ4n) is 2.52. The molecule has 0 aliphatic heterocycles. The number of nitrogens with zero attached hydrogens (tertiary/aromatic N) is 2. The largest absolute Gasteiger partial charge is 0.494 e. The monoisotopic (exact) mass is 351 g/mol. The maximum atomic E-state index is 12.4. The Kier molecular flexibility index (Phi) is 5.31. The van der Waals surface area contributed by atoms with Crippen LogP contribution >= 0.6 is 0 Å². The number of hydrogen-bond donors (Lipinski definition) is 1. The predicted octanol–water partition coefficient (Wildman–Crippen LogP) is 3.93. The minimum absolute atomic E-state index is 0.212. The first-order valence-corrected chi connectivity index (χ1v) is 8.51. The molecule has 3 rings (SSSR count). The first kappa shape index (κ1) is 17.7. The summed E-state index contributed by atoms with van der Waals surface area (Å²) in [6.45, 7) is 6.31. The third-order valence-electron chi connectivity index (χ3n) is 3.86. The predicted molar refractivity (Wildman–Crippen MR) is 98.0 cm³/mol. The van der Waals surface area contributed by atoms with E-state index in [0.29, 0.717) is 23.9 Å². The number of rotatable bonds is 6. The number of hydrogen-bond acceptors (Lipinski definition) is 5. The van der Waals surface area contributed by atoms with Gasteiger partial charge in [0.1, 0.15) is 11.8 Å². The summed E-state index contributed by atoms with van der Waals surface area (Å²) >= 11 is 0. The zero-order chi connectivity index (χ0) is 18.5. The van der Waals surface area contributed by atoms with Gasteiger partial charge in [-0.25, -0.2) is 0 Å². The van der Waals surface area contributed by atoms with E-state index >= 15 is 0 Å². The molecule has 0 spiro atoms. The Labute approximate surface area is 152 Å². The smallest absolute Gasteiger partial charge is 0.251 e. The van der Waals surface area contributed by atoms with E-state index in [0.717, 1.165) is 16.9 Å². The maximum Gasteiger partial charge on any atom is 0.251 e. The van der Waals surface area contributed by atoms with Crippen LogP contribution in [-0.2, 0) is 0 Å². The van der Waals surface area contributed by atoms with Crippen LogP contribution in [-0.4, -0.2) is 22.7 Å². The Bertz CT molecular complexity index is 887. The molecule has 6 heteroatoms. The zero-order valence-electron chi connectivity index (χ0n) is 15.0. The molecule has 134 valence electrons. The molecule has 0 aliphatic carbocycles. The van der Waals surface area contributed by atoms with Gasteiger partial charge in [0.2, 0.25) is 11.7 Å². The highest BCUT2D eigenvalue weighted by atomic mass is 16.5. The topological polar surface area (TPSA) is 77.2 Å². The van der Waals surface area contributed by atoms with Crippen molar-refractivity contribution in [3.8, 4) is 17.1 Å². The number of aromatic nitrogens is 2. The summed E-state index contributed by atoms with van der Waals surface area (Å²) in [4.78, 5) is 16.8. The average Bonchev–Trinajstić information content (AvgIpc) is 3.13. The van der Waals surface area contributed by atoms with Gasteiger partial charge in [-0.2, -0.15) is 4.98 Å². The van der Waals surface area contributed by atoms with Gasteiger partial charge in [-0.1, -0.05) is 28.9 Å². The third-order valence-corrected chi connectivity index (χ3v) is 3.86. The fourth-order valence-corrected chi connectivity index (χ4v) is 2.52. The van der Waals surface area contributed by atoms with Crippen molar-refractivity contribution in [2.75, 3.05) is 6.61 Å². The van der Waals surface area contributed by atoms with Crippen LogP contribution in [0.3, 0.4) is 0 Å². The molecule has 1 atom stereocenters. The van der Waals surface area contributed by atoms with E-state index in [4.69, 9.17) is 9.26 Å². The van der Waals surface area contributed by atoms with Crippen molar-refractivity contribution in [1.82, 2.24) is 15.5 Å². The lowest BCUT2D eigenvalue weighted by Gasteiger charge is -2.10. The number of aryl methyl sites for hydroxylation is 1. The minimum Gasteiger partial charge on any atom is -0.494 e. The van der Waals surface area contributed by atoms with Gasteiger partial charge in [0, 0.05) is 11.1 Å². The fraction of sp³-hybridized carbons (Fsp3) is 0.250. The van der Waals surface area contributed by atoms with Crippen LogP contribution in [0.15, 0.2) is 53.1 Å². The molecule has 1 N–H and O–H groups in total. The van der Waals surface area contributed by atoms with Crippen molar-refractivity contribution >= 4 is 5.91 Å². The van der Waals surface area contributed by atoms with Crippen molar-refractivity contribution in [1.29, 1.82) is 0 Å². The van der Waals surface area contributed by atoms with Crippen LogP contribution in [0.1, 0.15) is 41.7 Å². The lowest BCUT2D eigenvalue weighted by molar-refractivity contribution is 0.0932. The third kappa shape index (κ3) is 4.08. The van der Waals surface area contributed by atoms with Crippen LogP contribution in [0, 0.1) is 6.92 Å². The van der Waals surface area contributed by atoms with Crippen LogP contribution in [0.25, 0.3) is 11.4 Å². The van der Waals surface area contributed by atoms with E-state index in [-0.39, 0.29) is 5.91 Å². The molecule has 0 radical (unpaired) electrons. The second kappa shape index (κ2) is 7.82. The summed E-state index contributed by atoms with van der Waals surface area (Å²) in [6.07, 6.45) is 0. The molecule has 1 heterocycles. The number of amides is 1. The normalized spacial score (nSPS) is 11.8. The number of benzene rings is 2. The second-order valence-electron chi connectivity index (χ2n) is 5.98.